The summed E-state index contributed by atoms with van der Waals surface area (Å²) in [6.45, 7) is 1.22. The lowest BCUT2D eigenvalue weighted by Crippen LogP contribution is -2.19. The first-order valence-electron chi connectivity index (χ1n) is 9.37. The molecule has 7 nitrogen and oxygen atoms in total. The molecule has 3 aromatic rings. The van der Waals surface area contributed by atoms with Crippen LogP contribution in [0.3, 0.4) is 0 Å². The van der Waals surface area contributed by atoms with Crippen molar-refractivity contribution in [1.29, 1.82) is 5.41 Å². The first-order valence-corrected chi connectivity index (χ1v) is 9.75. The van der Waals surface area contributed by atoms with E-state index in [4.69, 9.17) is 21.7 Å². The lowest BCUT2D eigenvalue weighted by atomic mass is 10.0. The fourth-order valence-electron chi connectivity index (χ4n) is 3.48. The van der Waals surface area contributed by atoms with Crippen molar-refractivity contribution >= 4 is 34.9 Å². The minimum Gasteiger partial charge on any atom is -0.381 e. The average Bonchev–Trinajstić information content (AvgIpc) is 3.13. The summed E-state index contributed by atoms with van der Waals surface area (Å²) in [4.78, 5) is 19.6. The Hall–Kier alpha value is -2.91. The van der Waals surface area contributed by atoms with Crippen LogP contribution in [-0.2, 0) is 4.74 Å². The Morgan fingerprint density at radius 2 is 2.03 bits per heavy atom. The number of pyridine rings is 1. The van der Waals surface area contributed by atoms with Crippen LogP contribution in [0.15, 0.2) is 34.2 Å². The molecule has 4 rings (SSSR count). The van der Waals surface area contributed by atoms with Gasteiger partial charge in [0.15, 0.2) is 11.6 Å². The van der Waals surface area contributed by atoms with Gasteiger partial charge in [-0.15, -0.1) is 0 Å². The van der Waals surface area contributed by atoms with Crippen molar-refractivity contribution in [2.45, 2.75) is 24.8 Å². The number of hydrogen-bond acceptors (Lipinski definition) is 5. The van der Waals surface area contributed by atoms with E-state index >= 15 is 0 Å². The summed E-state index contributed by atoms with van der Waals surface area (Å²) < 4.78 is 35.2. The van der Waals surface area contributed by atoms with Gasteiger partial charge in [-0.05, 0) is 25.0 Å². The number of aliphatic imine (C=N–C) groups is 1. The van der Waals surface area contributed by atoms with Crippen LogP contribution >= 0.6 is 11.6 Å². The van der Waals surface area contributed by atoms with Crippen molar-refractivity contribution in [3.63, 3.8) is 0 Å². The second kappa shape index (κ2) is 8.45. The molecule has 0 aliphatic carbocycles. The number of nitrogens with one attached hydrogen (secondary N) is 2. The molecule has 2 N–H and O–H groups in total. The molecule has 3 heterocycles. The van der Waals surface area contributed by atoms with Crippen LogP contribution in [0.2, 0.25) is 5.02 Å². The van der Waals surface area contributed by atoms with Crippen LogP contribution < -0.4 is 5.56 Å². The van der Waals surface area contributed by atoms with E-state index in [-0.39, 0.29) is 27.7 Å². The van der Waals surface area contributed by atoms with E-state index in [0.717, 1.165) is 35.9 Å². The SMILES string of the molecule is N=CC(C=NC1CCOCC1)c1nn(-c2c(F)cccc2F)c2c(Cl)c[nH]c(=O)c12. The topological polar surface area (TPSA) is 96.1 Å². The van der Waals surface area contributed by atoms with Gasteiger partial charge < -0.3 is 15.1 Å². The lowest BCUT2D eigenvalue weighted by molar-refractivity contribution is 0.0872. The Labute approximate surface area is 174 Å². The molecule has 1 aromatic carbocycles. The molecule has 0 radical (unpaired) electrons. The summed E-state index contributed by atoms with van der Waals surface area (Å²) in [5.74, 6) is -2.49. The van der Waals surface area contributed by atoms with Gasteiger partial charge >= 0.3 is 0 Å². The van der Waals surface area contributed by atoms with Crippen LogP contribution in [0, 0.1) is 17.0 Å². The van der Waals surface area contributed by atoms with Gasteiger partial charge in [0, 0.05) is 31.8 Å². The third-order valence-electron chi connectivity index (χ3n) is 4.99. The molecule has 0 amide bonds. The Kier molecular flexibility index (Phi) is 5.74. The van der Waals surface area contributed by atoms with E-state index in [1.165, 1.54) is 18.5 Å². The Bertz CT molecular complexity index is 1160. The zero-order chi connectivity index (χ0) is 21.3. The molecule has 30 heavy (non-hydrogen) atoms. The number of para-hydroxylation sites is 1. The standard InChI is InChI=1S/C20H18ClF2N5O2/c21-13-10-26-20(29)16-17(11(8-24)9-25-12-4-6-30-7-5-12)27-28(18(13)16)19-14(22)2-1-3-15(19)23/h1-3,8-12,24H,4-7H2,(H,26,29). The molecule has 0 bridgehead atoms. The number of fused-ring (bicyclic) bond motifs is 1. The molecule has 2 aromatic heterocycles. The molecule has 1 aliphatic rings. The van der Waals surface area contributed by atoms with Gasteiger partial charge in [-0.3, -0.25) is 9.79 Å². The van der Waals surface area contributed by atoms with E-state index in [9.17, 15) is 13.6 Å². The van der Waals surface area contributed by atoms with E-state index in [2.05, 4.69) is 15.1 Å². The van der Waals surface area contributed by atoms with Crippen molar-refractivity contribution < 1.29 is 13.5 Å². The maximum absolute atomic E-state index is 14.5. The molecule has 0 saturated carbocycles. The molecule has 1 saturated heterocycles. The lowest BCUT2D eigenvalue weighted by Gasteiger charge is -2.18. The molecule has 1 fully saturated rings. The first kappa shape index (κ1) is 20.4. The number of ether oxygens (including phenoxy) is 1. The summed E-state index contributed by atoms with van der Waals surface area (Å²) in [7, 11) is 0. The maximum atomic E-state index is 14.5. The number of halogens is 3. The van der Waals surface area contributed by atoms with Crippen LogP contribution in [0.5, 0.6) is 0 Å². The van der Waals surface area contributed by atoms with Gasteiger partial charge in [0.1, 0.15) is 11.2 Å². The zero-order valence-corrected chi connectivity index (χ0v) is 16.5. The smallest absolute Gasteiger partial charge is 0.259 e. The zero-order valence-electron chi connectivity index (χ0n) is 15.7. The summed E-state index contributed by atoms with van der Waals surface area (Å²) in [5, 5.41) is 12.3. The van der Waals surface area contributed by atoms with E-state index in [1.807, 2.05) is 0 Å². The van der Waals surface area contributed by atoms with Crippen molar-refractivity contribution in [2.75, 3.05) is 13.2 Å². The van der Waals surface area contributed by atoms with Gasteiger partial charge in [0.25, 0.3) is 5.56 Å². The maximum Gasteiger partial charge on any atom is 0.259 e. The number of H-pyrrole nitrogens is 1. The van der Waals surface area contributed by atoms with Crippen molar-refractivity contribution in [3.8, 4) is 5.69 Å². The van der Waals surface area contributed by atoms with Gasteiger partial charge in [-0.25, -0.2) is 13.5 Å². The van der Waals surface area contributed by atoms with Crippen molar-refractivity contribution in [2.24, 2.45) is 4.99 Å². The third kappa shape index (κ3) is 3.66. The first-order chi connectivity index (χ1) is 14.5. The monoisotopic (exact) mass is 433 g/mol. The predicted molar refractivity (Wildman–Crippen MR) is 110 cm³/mol. The van der Waals surface area contributed by atoms with Crippen LogP contribution in [0.1, 0.15) is 24.5 Å². The average molecular weight is 434 g/mol. The predicted octanol–water partition coefficient (Wildman–Crippen LogP) is 3.63. The van der Waals surface area contributed by atoms with E-state index < -0.39 is 28.8 Å². The van der Waals surface area contributed by atoms with Gasteiger partial charge in [-0.1, -0.05) is 17.7 Å². The fourth-order valence-corrected chi connectivity index (χ4v) is 3.71. The second-order valence-electron chi connectivity index (χ2n) is 6.89. The Balaban J connectivity index is 1.90. The van der Waals surface area contributed by atoms with Crippen LogP contribution in [-0.4, -0.2) is 46.4 Å². The highest BCUT2D eigenvalue weighted by atomic mass is 35.5. The summed E-state index contributed by atoms with van der Waals surface area (Å²) in [6, 6.07) is 3.46. The minimum absolute atomic E-state index is 0.0421. The summed E-state index contributed by atoms with van der Waals surface area (Å²) >= 11 is 6.27. The minimum atomic E-state index is -0.857. The quantitative estimate of drug-likeness (QED) is 0.601. The molecule has 156 valence electrons. The van der Waals surface area contributed by atoms with Gasteiger partial charge in [0.2, 0.25) is 0 Å². The number of rotatable bonds is 5. The highest BCUT2D eigenvalue weighted by molar-refractivity contribution is 6.35. The van der Waals surface area contributed by atoms with E-state index in [0.29, 0.717) is 13.2 Å². The van der Waals surface area contributed by atoms with Crippen molar-refractivity contribution in [1.82, 2.24) is 14.8 Å². The number of aromatic nitrogens is 3. The van der Waals surface area contributed by atoms with Crippen molar-refractivity contribution in [3.05, 3.63) is 57.1 Å². The third-order valence-corrected chi connectivity index (χ3v) is 5.28. The summed E-state index contributed by atoms with van der Waals surface area (Å²) in [5.41, 5.74) is -0.780. The molecule has 1 atom stereocenters. The second-order valence-corrected chi connectivity index (χ2v) is 7.30. The molecule has 10 heteroatoms. The van der Waals surface area contributed by atoms with E-state index in [1.54, 1.807) is 0 Å². The van der Waals surface area contributed by atoms with Gasteiger partial charge in [0.05, 0.1) is 28.1 Å². The molecule has 0 spiro atoms. The molecular formula is C20H18ClF2N5O2. The number of hydrogen-bond donors (Lipinski definition) is 2. The van der Waals surface area contributed by atoms with Crippen LogP contribution in [0.4, 0.5) is 8.78 Å². The fraction of sp³-hybridized carbons (Fsp3) is 0.300. The molecule has 1 aliphatic heterocycles. The Morgan fingerprint density at radius 1 is 1.33 bits per heavy atom. The van der Waals surface area contributed by atoms with Gasteiger partial charge in [-0.2, -0.15) is 5.10 Å². The number of nitrogens with zero attached hydrogens (tertiary/aromatic N) is 3. The Morgan fingerprint density at radius 3 is 2.70 bits per heavy atom. The molecular weight excluding hydrogens is 416 g/mol. The molecule has 1 unspecified atom stereocenters. The highest BCUT2D eigenvalue weighted by Crippen LogP contribution is 2.30. The normalized spacial score (nSPS) is 16.4. The highest BCUT2D eigenvalue weighted by Gasteiger charge is 2.25. The van der Waals surface area contributed by atoms with Crippen LogP contribution in [0.25, 0.3) is 16.6 Å². The number of benzene rings is 1. The number of aromatic amines is 1. The summed E-state index contributed by atoms with van der Waals surface area (Å²) in [6.07, 6.45) is 5.36. The largest absolute Gasteiger partial charge is 0.381 e.